The third-order valence-corrected chi connectivity index (χ3v) is 4.77. The zero-order valence-electron chi connectivity index (χ0n) is 18.7. The summed E-state index contributed by atoms with van der Waals surface area (Å²) in [5.74, 6) is 0.0309. The van der Waals surface area contributed by atoms with E-state index in [1.54, 1.807) is 12.1 Å². The fraction of sp³-hybridized carbons (Fsp3) is 0.417. The Bertz CT molecular complexity index is 859. The van der Waals surface area contributed by atoms with E-state index in [1.165, 1.54) is 0 Å². The fourth-order valence-electron chi connectivity index (χ4n) is 3.11. The molecule has 0 saturated carbocycles. The highest BCUT2D eigenvalue weighted by Gasteiger charge is 2.26. The van der Waals surface area contributed by atoms with Gasteiger partial charge in [-0.25, -0.2) is 10.2 Å². The Morgan fingerprint density at radius 1 is 0.867 bits per heavy atom. The Balaban J connectivity index is 2.00. The Morgan fingerprint density at radius 3 is 1.90 bits per heavy atom. The molecule has 0 aromatic heterocycles. The van der Waals surface area contributed by atoms with Crippen LogP contribution in [-0.2, 0) is 22.0 Å². The summed E-state index contributed by atoms with van der Waals surface area (Å²) >= 11 is 0. The Kier molecular flexibility index (Phi) is 7.13. The van der Waals surface area contributed by atoms with Gasteiger partial charge in [0, 0.05) is 12.1 Å². The van der Waals surface area contributed by atoms with Crippen LogP contribution in [0.3, 0.4) is 0 Å². The highest BCUT2D eigenvalue weighted by molar-refractivity contribution is 5.90. The lowest BCUT2D eigenvalue weighted by atomic mass is 9.78. The van der Waals surface area contributed by atoms with Gasteiger partial charge in [-0.3, -0.25) is 10.2 Å². The molecule has 2 aromatic carbocycles. The van der Waals surface area contributed by atoms with E-state index in [9.17, 15) is 14.7 Å². The number of nitrogens with one attached hydrogen (secondary N) is 3. The normalized spacial score (nSPS) is 11.7. The molecule has 30 heavy (non-hydrogen) atoms. The van der Waals surface area contributed by atoms with Crippen molar-refractivity contribution in [2.75, 3.05) is 5.32 Å². The first-order chi connectivity index (χ1) is 13.9. The first-order valence-corrected chi connectivity index (χ1v) is 10.2. The van der Waals surface area contributed by atoms with E-state index in [-0.39, 0.29) is 23.2 Å². The van der Waals surface area contributed by atoms with Crippen LogP contribution in [0.4, 0.5) is 10.5 Å². The Morgan fingerprint density at radius 2 is 1.40 bits per heavy atom. The van der Waals surface area contributed by atoms with Gasteiger partial charge >= 0.3 is 6.03 Å². The number of benzene rings is 2. The second-order valence-electron chi connectivity index (χ2n) is 9.53. The highest BCUT2D eigenvalue weighted by atomic mass is 16.3. The molecule has 0 aliphatic heterocycles. The molecule has 0 heterocycles. The average Bonchev–Trinajstić information content (AvgIpc) is 2.64. The molecule has 0 aliphatic rings. The maximum absolute atomic E-state index is 12.2. The summed E-state index contributed by atoms with van der Waals surface area (Å²) in [5, 5.41) is 13.4. The van der Waals surface area contributed by atoms with Gasteiger partial charge in [0.2, 0.25) is 5.91 Å². The summed E-state index contributed by atoms with van der Waals surface area (Å²) in [7, 11) is 0. The molecule has 2 aromatic rings. The van der Waals surface area contributed by atoms with Crippen LogP contribution < -0.4 is 16.2 Å². The zero-order chi connectivity index (χ0) is 22.5. The molecule has 2 rings (SSSR count). The summed E-state index contributed by atoms with van der Waals surface area (Å²) < 4.78 is 0. The average molecular weight is 412 g/mol. The molecular weight excluding hydrogens is 378 g/mol. The number of phenolic OH excluding ortho intramolecular Hbond substituents is 1. The zero-order valence-corrected chi connectivity index (χ0v) is 18.7. The van der Waals surface area contributed by atoms with E-state index in [0.29, 0.717) is 17.9 Å². The fourth-order valence-corrected chi connectivity index (χ4v) is 3.11. The second kappa shape index (κ2) is 9.20. The lowest BCUT2D eigenvalue weighted by Gasteiger charge is -2.28. The molecule has 0 atom stereocenters. The van der Waals surface area contributed by atoms with Crippen LogP contribution in [0, 0.1) is 0 Å². The second-order valence-corrected chi connectivity index (χ2v) is 9.53. The molecule has 4 N–H and O–H groups in total. The Hall–Kier alpha value is -3.02. The van der Waals surface area contributed by atoms with Crippen LogP contribution in [0.5, 0.6) is 5.75 Å². The lowest BCUT2D eigenvalue weighted by Crippen LogP contribution is -2.44. The molecule has 6 nitrogen and oxygen atoms in total. The molecule has 0 radical (unpaired) electrons. The number of aryl methyl sites for hydroxylation is 1. The van der Waals surface area contributed by atoms with E-state index in [1.807, 2.05) is 30.3 Å². The predicted molar refractivity (Wildman–Crippen MR) is 121 cm³/mol. The molecule has 0 unspecified atom stereocenters. The number of urea groups is 1. The van der Waals surface area contributed by atoms with Gasteiger partial charge in [-0.1, -0.05) is 71.9 Å². The predicted octanol–water partition coefficient (Wildman–Crippen LogP) is 4.77. The summed E-state index contributed by atoms with van der Waals surface area (Å²) in [6.45, 7) is 12.3. The number of hydrazine groups is 1. The van der Waals surface area contributed by atoms with Gasteiger partial charge in [-0.05, 0) is 46.1 Å². The molecule has 6 heteroatoms. The molecule has 0 fully saturated rings. The van der Waals surface area contributed by atoms with Crippen LogP contribution in [0.15, 0.2) is 42.5 Å². The van der Waals surface area contributed by atoms with Gasteiger partial charge in [0.25, 0.3) is 0 Å². The number of para-hydroxylation sites is 1. The molecule has 162 valence electrons. The van der Waals surface area contributed by atoms with Crippen molar-refractivity contribution in [1.82, 2.24) is 10.9 Å². The summed E-state index contributed by atoms with van der Waals surface area (Å²) in [5.41, 5.74) is 7.68. The van der Waals surface area contributed by atoms with Gasteiger partial charge in [0.1, 0.15) is 5.75 Å². The van der Waals surface area contributed by atoms with E-state index in [0.717, 1.165) is 16.7 Å². The van der Waals surface area contributed by atoms with E-state index in [4.69, 9.17) is 0 Å². The minimum atomic E-state index is -0.510. The summed E-state index contributed by atoms with van der Waals surface area (Å²) in [4.78, 5) is 24.1. The quantitative estimate of drug-likeness (QED) is 0.546. The van der Waals surface area contributed by atoms with Crippen molar-refractivity contribution < 1.29 is 14.7 Å². The SMILES string of the molecule is CC(C)(C)c1cc(CCC(=O)NNC(=O)Nc2ccccc2)cc(C(C)(C)C)c1O. The molecule has 0 spiro atoms. The summed E-state index contributed by atoms with van der Waals surface area (Å²) in [6, 6.07) is 12.4. The topological polar surface area (TPSA) is 90.5 Å². The van der Waals surface area contributed by atoms with Crippen molar-refractivity contribution >= 4 is 17.6 Å². The number of carbonyl (C=O) groups excluding carboxylic acids is 2. The van der Waals surface area contributed by atoms with Crippen LogP contribution in [0.25, 0.3) is 0 Å². The number of rotatable bonds is 4. The van der Waals surface area contributed by atoms with Crippen molar-refractivity contribution in [2.24, 2.45) is 0 Å². The number of aromatic hydroxyl groups is 1. The van der Waals surface area contributed by atoms with Crippen LogP contribution in [0.1, 0.15) is 64.7 Å². The van der Waals surface area contributed by atoms with Crippen LogP contribution in [-0.4, -0.2) is 17.0 Å². The molecule has 0 saturated heterocycles. The van der Waals surface area contributed by atoms with Crippen molar-refractivity contribution in [1.29, 1.82) is 0 Å². The minimum Gasteiger partial charge on any atom is -0.507 e. The van der Waals surface area contributed by atoms with Gasteiger partial charge < -0.3 is 10.4 Å². The third kappa shape index (κ3) is 6.51. The smallest absolute Gasteiger partial charge is 0.337 e. The van der Waals surface area contributed by atoms with Gasteiger partial charge in [0.05, 0.1) is 0 Å². The van der Waals surface area contributed by atoms with Crippen LogP contribution in [0.2, 0.25) is 0 Å². The number of carbonyl (C=O) groups is 2. The molecule has 0 aliphatic carbocycles. The van der Waals surface area contributed by atoms with Crippen molar-refractivity contribution in [3.63, 3.8) is 0 Å². The number of amides is 3. The van der Waals surface area contributed by atoms with E-state index >= 15 is 0 Å². The van der Waals surface area contributed by atoms with E-state index < -0.39 is 6.03 Å². The number of hydrogen-bond acceptors (Lipinski definition) is 3. The lowest BCUT2D eigenvalue weighted by molar-refractivity contribution is -0.121. The number of hydrogen-bond donors (Lipinski definition) is 4. The third-order valence-electron chi connectivity index (χ3n) is 4.77. The standard InChI is InChI=1S/C24H33N3O3/c1-23(2,3)18-14-16(15-19(21(18)29)24(4,5)6)12-13-20(28)26-27-22(30)25-17-10-8-7-9-11-17/h7-11,14-15,29H,12-13H2,1-6H3,(H,26,28)(H2,25,27,30). The molecule has 3 amide bonds. The maximum Gasteiger partial charge on any atom is 0.337 e. The highest BCUT2D eigenvalue weighted by Crippen LogP contribution is 2.39. The maximum atomic E-state index is 12.2. The Labute approximate surface area is 179 Å². The first kappa shape index (κ1) is 23.3. The van der Waals surface area contributed by atoms with Gasteiger partial charge in [0.15, 0.2) is 0 Å². The van der Waals surface area contributed by atoms with Gasteiger partial charge in [-0.15, -0.1) is 0 Å². The van der Waals surface area contributed by atoms with Crippen molar-refractivity contribution in [3.05, 3.63) is 59.2 Å². The largest absolute Gasteiger partial charge is 0.507 e. The molecule has 0 bridgehead atoms. The minimum absolute atomic E-state index is 0.212. The monoisotopic (exact) mass is 411 g/mol. The van der Waals surface area contributed by atoms with Crippen molar-refractivity contribution in [2.45, 2.75) is 65.2 Å². The van der Waals surface area contributed by atoms with E-state index in [2.05, 4.69) is 57.7 Å². The first-order valence-electron chi connectivity index (χ1n) is 10.2. The van der Waals surface area contributed by atoms with Crippen LogP contribution >= 0.6 is 0 Å². The summed E-state index contributed by atoms with van der Waals surface area (Å²) in [6.07, 6.45) is 0.712. The van der Waals surface area contributed by atoms with Gasteiger partial charge in [-0.2, -0.15) is 0 Å². The number of phenols is 1. The molecular formula is C24H33N3O3. The van der Waals surface area contributed by atoms with Crippen molar-refractivity contribution in [3.8, 4) is 5.75 Å². The number of anilines is 1.